The number of anilines is 2. The van der Waals surface area contributed by atoms with Gasteiger partial charge in [-0.3, -0.25) is 14.6 Å². The third-order valence-corrected chi connectivity index (χ3v) is 6.43. The Morgan fingerprint density at radius 1 is 1.34 bits per heavy atom. The molecule has 35 heavy (non-hydrogen) atoms. The van der Waals surface area contributed by atoms with E-state index in [0.29, 0.717) is 35.8 Å². The first-order valence-electron chi connectivity index (χ1n) is 11.1. The van der Waals surface area contributed by atoms with Crippen LogP contribution in [0.3, 0.4) is 0 Å². The summed E-state index contributed by atoms with van der Waals surface area (Å²) in [4.78, 5) is 32.9. The lowest BCUT2D eigenvalue weighted by Gasteiger charge is -2.15. The molecule has 0 radical (unpaired) electrons. The molecule has 2 heterocycles. The minimum atomic E-state index is -0.534. The summed E-state index contributed by atoms with van der Waals surface area (Å²) < 4.78 is 17.0. The SMILES string of the molecule is C=C/C=C(\C=NC)c1nn(-c2ccc(NC(=O)CC)cc2F)c2c1CCc1nc(NC(C)=O)sc1-2.[HH].[HH]. The zero-order valence-electron chi connectivity index (χ0n) is 19.7. The molecule has 3 aromatic rings. The number of nitrogens with one attached hydrogen (secondary N) is 2. The van der Waals surface area contributed by atoms with E-state index in [0.717, 1.165) is 27.4 Å². The minimum absolute atomic E-state index is 0. The van der Waals surface area contributed by atoms with E-state index >= 15 is 4.39 Å². The van der Waals surface area contributed by atoms with Crippen molar-refractivity contribution in [2.75, 3.05) is 17.7 Å². The number of fused-ring (bicyclic) bond motifs is 3. The van der Waals surface area contributed by atoms with Crippen LogP contribution in [-0.4, -0.2) is 39.8 Å². The molecule has 4 rings (SSSR count). The highest BCUT2D eigenvalue weighted by atomic mass is 32.1. The first kappa shape index (κ1) is 24.2. The molecule has 1 aliphatic rings. The number of carbonyl (C=O) groups is 2. The maximum absolute atomic E-state index is 15.4. The highest BCUT2D eigenvalue weighted by molar-refractivity contribution is 7.19. The second kappa shape index (κ2) is 10.1. The highest BCUT2D eigenvalue weighted by Crippen LogP contribution is 2.43. The van der Waals surface area contributed by atoms with Crippen molar-refractivity contribution in [1.29, 1.82) is 0 Å². The van der Waals surface area contributed by atoms with Crippen LogP contribution >= 0.6 is 11.3 Å². The first-order valence-corrected chi connectivity index (χ1v) is 11.9. The number of carbonyl (C=O) groups excluding carboxylic acids is 2. The van der Waals surface area contributed by atoms with E-state index < -0.39 is 5.82 Å². The van der Waals surface area contributed by atoms with Crippen molar-refractivity contribution in [1.82, 2.24) is 14.8 Å². The Morgan fingerprint density at radius 3 is 2.80 bits per heavy atom. The van der Waals surface area contributed by atoms with Crippen molar-refractivity contribution in [3.63, 3.8) is 0 Å². The predicted molar refractivity (Wildman–Crippen MR) is 142 cm³/mol. The Morgan fingerprint density at radius 2 is 2.14 bits per heavy atom. The van der Waals surface area contributed by atoms with Gasteiger partial charge in [-0.05, 0) is 31.0 Å². The highest BCUT2D eigenvalue weighted by Gasteiger charge is 2.31. The molecule has 0 aliphatic heterocycles. The monoisotopic (exact) mass is 496 g/mol. The van der Waals surface area contributed by atoms with E-state index in [-0.39, 0.29) is 20.4 Å². The molecule has 0 atom stereocenters. The lowest BCUT2D eigenvalue weighted by Crippen LogP contribution is -2.11. The molecule has 2 N–H and O–H groups in total. The van der Waals surface area contributed by atoms with Gasteiger partial charge in [-0.15, -0.1) is 0 Å². The number of aryl methyl sites for hydroxylation is 1. The largest absolute Gasteiger partial charge is 0.326 e. The Bertz CT molecular complexity index is 1400. The van der Waals surface area contributed by atoms with Crippen LogP contribution in [0.4, 0.5) is 15.2 Å². The molecule has 0 bridgehead atoms. The molecule has 1 aliphatic carbocycles. The van der Waals surface area contributed by atoms with E-state index in [1.165, 1.54) is 24.3 Å². The zero-order chi connectivity index (χ0) is 25.1. The van der Waals surface area contributed by atoms with Crippen molar-refractivity contribution >= 4 is 45.8 Å². The smallest absolute Gasteiger partial charge is 0.224 e. The molecule has 184 valence electrons. The fourth-order valence-corrected chi connectivity index (χ4v) is 5.05. The van der Waals surface area contributed by atoms with Gasteiger partial charge >= 0.3 is 0 Å². The molecule has 0 unspecified atom stereocenters. The van der Waals surface area contributed by atoms with Crippen LogP contribution in [0.25, 0.3) is 21.8 Å². The quantitative estimate of drug-likeness (QED) is 0.342. The summed E-state index contributed by atoms with van der Waals surface area (Å²) >= 11 is 1.33. The summed E-state index contributed by atoms with van der Waals surface area (Å²) in [5.41, 5.74) is 4.51. The molecule has 1 aromatic carbocycles. The average molecular weight is 497 g/mol. The predicted octanol–water partition coefficient (Wildman–Crippen LogP) is 5.30. The van der Waals surface area contributed by atoms with Crippen molar-refractivity contribution in [2.45, 2.75) is 33.1 Å². The molecule has 0 saturated heterocycles. The van der Waals surface area contributed by atoms with Gasteiger partial charge in [0.2, 0.25) is 11.8 Å². The van der Waals surface area contributed by atoms with Crippen molar-refractivity contribution in [3.05, 3.63) is 59.7 Å². The van der Waals surface area contributed by atoms with Crippen LogP contribution in [-0.2, 0) is 22.4 Å². The lowest BCUT2D eigenvalue weighted by molar-refractivity contribution is -0.116. The van der Waals surface area contributed by atoms with Gasteiger partial charge in [0.05, 0.1) is 22.0 Å². The number of allylic oxidation sites excluding steroid dienone is 3. The third-order valence-electron chi connectivity index (χ3n) is 5.41. The maximum atomic E-state index is 15.4. The molecule has 0 saturated carbocycles. The number of hydrogen-bond donors (Lipinski definition) is 2. The van der Waals surface area contributed by atoms with Gasteiger partial charge < -0.3 is 10.6 Å². The molecule has 10 heteroatoms. The maximum Gasteiger partial charge on any atom is 0.224 e. The van der Waals surface area contributed by atoms with Crippen molar-refractivity contribution in [2.24, 2.45) is 4.99 Å². The van der Waals surface area contributed by atoms with Crippen LogP contribution in [0.2, 0.25) is 0 Å². The van der Waals surface area contributed by atoms with Crippen LogP contribution in [0.5, 0.6) is 0 Å². The Hall–Kier alpha value is -3.92. The van der Waals surface area contributed by atoms with E-state index in [1.807, 2.05) is 6.08 Å². The number of halogens is 1. The van der Waals surface area contributed by atoms with E-state index in [9.17, 15) is 9.59 Å². The summed E-state index contributed by atoms with van der Waals surface area (Å²) in [5.74, 6) is -0.946. The Labute approximate surface area is 209 Å². The third kappa shape index (κ3) is 4.83. The van der Waals surface area contributed by atoms with Gasteiger partial charge in [0, 0.05) is 46.3 Å². The molecule has 2 amide bonds. The van der Waals surface area contributed by atoms with Gasteiger partial charge in [0.1, 0.15) is 5.69 Å². The molecule has 0 fully saturated rings. The number of thiazole rings is 1. The van der Waals surface area contributed by atoms with Gasteiger partial charge in [-0.2, -0.15) is 5.10 Å². The summed E-state index contributed by atoms with van der Waals surface area (Å²) in [6.45, 7) is 6.95. The van der Waals surface area contributed by atoms with Gasteiger partial charge in [0.15, 0.2) is 10.9 Å². The van der Waals surface area contributed by atoms with E-state index in [4.69, 9.17) is 5.10 Å². The van der Waals surface area contributed by atoms with Gasteiger partial charge in [-0.25, -0.2) is 14.1 Å². The first-order chi connectivity index (χ1) is 16.9. The zero-order valence-corrected chi connectivity index (χ0v) is 20.5. The van der Waals surface area contributed by atoms with Crippen molar-refractivity contribution in [3.8, 4) is 16.3 Å². The molecular formula is C25H29FN6O2S. The average Bonchev–Trinajstić information content (AvgIpc) is 3.39. The summed E-state index contributed by atoms with van der Waals surface area (Å²) in [6.07, 6.45) is 6.75. The van der Waals surface area contributed by atoms with Crippen LogP contribution in [0.15, 0.2) is 41.9 Å². The molecule has 0 spiro atoms. The van der Waals surface area contributed by atoms with Crippen molar-refractivity contribution < 1.29 is 16.8 Å². The fraction of sp³-hybridized carbons (Fsp3) is 0.240. The number of rotatable bonds is 7. The van der Waals surface area contributed by atoms with Gasteiger partial charge in [-0.1, -0.05) is 37.0 Å². The normalized spacial score (nSPS) is 12.9. The summed E-state index contributed by atoms with van der Waals surface area (Å²) in [7, 11) is 1.67. The standard InChI is InChI=1S/C25H25FN6O2S.2H2/c1-5-7-15(13-27-4)22-17-9-10-19-24(35-25(30-19)28-14(3)33)23(17)32(31-22)20-11-8-16(12-18(20)26)29-21(34)6-2;;/h5,7-8,11-13H,1,6,9-10H2,2-4H3,(H,29,34)(H,28,30,33);2*1H/b15-7+,27-13?;;. The number of aromatic nitrogens is 3. The number of aliphatic imine (C=N–C) groups is 1. The van der Waals surface area contributed by atoms with E-state index in [1.54, 1.807) is 43.1 Å². The number of nitrogens with zero attached hydrogens (tertiary/aromatic N) is 4. The van der Waals surface area contributed by atoms with Crippen LogP contribution < -0.4 is 10.6 Å². The van der Waals surface area contributed by atoms with Crippen LogP contribution in [0.1, 0.15) is 40.1 Å². The molecular weight excluding hydrogens is 467 g/mol. The second-order valence-electron chi connectivity index (χ2n) is 7.88. The molecule has 2 aromatic heterocycles. The Balaban J connectivity index is 0.00000241. The molecule has 8 nitrogen and oxygen atoms in total. The topological polar surface area (TPSA) is 101 Å². The minimum Gasteiger partial charge on any atom is -0.326 e. The summed E-state index contributed by atoms with van der Waals surface area (Å²) in [5, 5.41) is 10.7. The van der Waals surface area contributed by atoms with E-state index in [2.05, 4.69) is 27.2 Å². The number of hydrogen-bond acceptors (Lipinski definition) is 6. The van der Waals surface area contributed by atoms with Gasteiger partial charge in [0.25, 0.3) is 0 Å². The second-order valence-corrected chi connectivity index (χ2v) is 8.88. The Kier molecular flexibility index (Phi) is 7.02. The summed E-state index contributed by atoms with van der Waals surface area (Å²) in [6, 6.07) is 4.52. The van der Waals surface area contributed by atoms with Crippen LogP contribution in [0, 0.1) is 5.82 Å². The number of amides is 2. The fourth-order valence-electron chi connectivity index (χ4n) is 3.94. The lowest BCUT2D eigenvalue weighted by atomic mass is 9.95. The number of benzene rings is 1.